The number of nitrogens with zero attached hydrogens (tertiary/aromatic N) is 2. The number of anilines is 1. The van der Waals surface area contributed by atoms with Gasteiger partial charge in [0, 0.05) is 26.7 Å². The van der Waals surface area contributed by atoms with Crippen LogP contribution in [0.3, 0.4) is 0 Å². The van der Waals surface area contributed by atoms with Crippen molar-refractivity contribution in [1.29, 1.82) is 0 Å². The summed E-state index contributed by atoms with van der Waals surface area (Å²) in [6, 6.07) is 0. The van der Waals surface area contributed by atoms with Crippen molar-refractivity contribution < 1.29 is 22.6 Å². The molecule has 1 unspecified atom stereocenters. The second kappa shape index (κ2) is 4.98. The first-order valence-corrected chi connectivity index (χ1v) is 6.04. The summed E-state index contributed by atoms with van der Waals surface area (Å²) in [7, 11) is 1.55. The fourth-order valence-electron chi connectivity index (χ4n) is 1.61. The number of halogens is 3. The molecular formula is C9H12F3N3O2S. The Kier molecular flexibility index (Phi) is 3.74. The van der Waals surface area contributed by atoms with Crippen LogP contribution in [0, 0.1) is 0 Å². The molecule has 1 fully saturated rings. The van der Waals surface area contributed by atoms with Crippen LogP contribution < -0.4 is 5.32 Å². The summed E-state index contributed by atoms with van der Waals surface area (Å²) in [6.07, 6.45) is -3.76. The van der Waals surface area contributed by atoms with Gasteiger partial charge in [-0.05, 0) is 0 Å². The molecule has 0 aliphatic carbocycles. The standard InChI is InChI=1S/C9H12F3N3O2S/c1-16-8(2-3-17-5-8)4-13-7-15-14-6(18-7)9(10,11)12/h2-5H2,1H3,(H,13,15). The summed E-state index contributed by atoms with van der Waals surface area (Å²) in [5, 5.41) is 8.52. The van der Waals surface area contributed by atoms with Gasteiger partial charge in [0.05, 0.1) is 6.61 Å². The maximum Gasteiger partial charge on any atom is 0.445 e. The first kappa shape index (κ1) is 13.5. The van der Waals surface area contributed by atoms with Gasteiger partial charge >= 0.3 is 6.18 Å². The van der Waals surface area contributed by atoms with Crippen LogP contribution >= 0.6 is 11.3 Å². The molecule has 0 radical (unpaired) electrons. The predicted molar refractivity (Wildman–Crippen MR) is 58.6 cm³/mol. The Bertz CT molecular complexity index is 404. The highest BCUT2D eigenvalue weighted by atomic mass is 32.1. The summed E-state index contributed by atoms with van der Waals surface area (Å²) in [4.78, 5) is 0. The van der Waals surface area contributed by atoms with E-state index in [1.165, 1.54) is 0 Å². The number of alkyl halides is 3. The predicted octanol–water partition coefficient (Wildman–Crippen LogP) is 1.77. The highest BCUT2D eigenvalue weighted by Gasteiger charge is 2.37. The molecule has 9 heteroatoms. The van der Waals surface area contributed by atoms with E-state index >= 15 is 0 Å². The van der Waals surface area contributed by atoms with Gasteiger partial charge in [-0.3, -0.25) is 0 Å². The summed E-state index contributed by atoms with van der Waals surface area (Å²) >= 11 is 0.478. The quantitative estimate of drug-likeness (QED) is 0.912. The van der Waals surface area contributed by atoms with Crippen LogP contribution in [0.5, 0.6) is 0 Å². The molecule has 1 aliphatic heterocycles. The van der Waals surface area contributed by atoms with Crippen LogP contribution in [-0.4, -0.2) is 42.7 Å². The Morgan fingerprint density at radius 1 is 1.50 bits per heavy atom. The molecule has 0 saturated carbocycles. The lowest BCUT2D eigenvalue weighted by Gasteiger charge is -2.25. The van der Waals surface area contributed by atoms with Crippen LogP contribution in [-0.2, 0) is 15.7 Å². The Hall–Kier alpha value is -0.930. The fourth-order valence-corrected chi connectivity index (χ4v) is 2.21. The molecule has 1 atom stereocenters. The van der Waals surface area contributed by atoms with Crippen molar-refractivity contribution in [2.24, 2.45) is 0 Å². The third-order valence-electron chi connectivity index (χ3n) is 2.73. The van der Waals surface area contributed by atoms with E-state index in [1.807, 2.05) is 0 Å². The van der Waals surface area contributed by atoms with Gasteiger partial charge in [-0.2, -0.15) is 13.2 Å². The second-order valence-corrected chi connectivity index (χ2v) is 4.93. The molecule has 1 aliphatic rings. The van der Waals surface area contributed by atoms with Gasteiger partial charge in [-0.1, -0.05) is 11.3 Å². The average Bonchev–Trinajstić information content (AvgIpc) is 2.96. The number of aromatic nitrogens is 2. The lowest BCUT2D eigenvalue weighted by molar-refractivity contribution is -0.138. The lowest BCUT2D eigenvalue weighted by atomic mass is 10.0. The summed E-state index contributed by atoms with van der Waals surface area (Å²) in [5.74, 6) is 0. The Morgan fingerprint density at radius 3 is 2.78 bits per heavy atom. The van der Waals surface area contributed by atoms with Crippen molar-refractivity contribution in [3.63, 3.8) is 0 Å². The zero-order valence-electron chi connectivity index (χ0n) is 9.58. The van der Waals surface area contributed by atoms with E-state index < -0.39 is 16.8 Å². The topological polar surface area (TPSA) is 56.3 Å². The van der Waals surface area contributed by atoms with Crippen molar-refractivity contribution in [2.75, 3.05) is 32.2 Å². The number of hydrogen-bond donors (Lipinski definition) is 1. The van der Waals surface area contributed by atoms with Crippen molar-refractivity contribution >= 4 is 16.5 Å². The molecule has 1 saturated heterocycles. The van der Waals surface area contributed by atoms with Gasteiger partial charge in [0.1, 0.15) is 5.60 Å². The number of hydrogen-bond acceptors (Lipinski definition) is 6. The summed E-state index contributed by atoms with van der Waals surface area (Å²) < 4.78 is 47.5. The summed E-state index contributed by atoms with van der Waals surface area (Å²) in [6.45, 7) is 1.34. The molecule has 1 aromatic heterocycles. The average molecular weight is 283 g/mol. The molecule has 5 nitrogen and oxygen atoms in total. The molecule has 2 heterocycles. The van der Waals surface area contributed by atoms with E-state index in [1.54, 1.807) is 7.11 Å². The molecule has 0 aromatic carbocycles. The van der Waals surface area contributed by atoms with Crippen molar-refractivity contribution in [3.05, 3.63) is 5.01 Å². The Labute approximate surface area is 105 Å². The van der Waals surface area contributed by atoms with Gasteiger partial charge in [-0.25, -0.2) is 0 Å². The highest BCUT2D eigenvalue weighted by Crippen LogP contribution is 2.33. The minimum Gasteiger partial charge on any atom is -0.378 e. The minimum atomic E-state index is -4.45. The van der Waals surface area contributed by atoms with Crippen LogP contribution in [0.15, 0.2) is 0 Å². The maximum atomic E-state index is 12.3. The van der Waals surface area contributed by atoms with Gasteiger partial charge in [-0.15, -0.1) is 10.2 Å². The summed E-state index contributed by atoms with van der Waals surface area (Å²) in [5.41, 5.74) is -0.496. The van der Waals surface area contributed by atoms with E-state index in [0.717, 1.165) is 0 Å². The number of methoxy groups -OCH3 is 1. The highest BCUT2D eigenvalue weighted by molar-refractivity contribution is 7.15. The number of nitrogens with one attached hydrogen (secondary N) is 1. The first-order valence-electron chi connectivity index (χ1n) is 5.23. The second-order valence-electron chi connectivity index (χ2n) is 3.95. The van der Waals surface area contributed by atoms with E-state index in [0.29, 0.717) is 37.5 Å². The van der Waals surface area contributed by atoms with Crippen molar-refractivity contribution in [3.8, 4) is 0 Å². The van der Waals surface area contributed by atoms with Gasteiger partial charge in [0.15, 0.2) is 0 Å². The van der Waals surface area contributed by atoms with Gasteiger partial charge < -0.3 is 14.8 Å². The smallest absolute Gasteiger partial charge is 0.378 e. The van der Waals surface area contributed by atoms with E-state index in [2.05, 4.69) is 15.5 Å². The van der Waals surface area contributed by atoms with Gasteiger partial charge in [0.2, 0.25) is 10.1 Å². The van der Waals surface area contributed by atoms with Crippen molar-refractivity contribution in [1.82, 2.24) is 10.2 Å². The third-order valence-corrected chi connectivity index (χ3v) is 3.66. The third kappa shape index (κ3) is 2.90. The monoisotopic (exact) mass is 283 g/mol. The number of rotatable bonds is 4. The van der Waals surface area contributed by atoms with Crippen LogP contribution in [0.4, 0.5) is 18.3 Å². The van der Waals surface area contributed by atoms with Gasteiger partial charge in [0.25, 0.3) is 0 Å². The van der Waals surface area contributed by atoms with Crippen LogP contribution in [0.1, 0.15) is 11.4 Å². The van der Waals surface area contributed by atoms with E-state index in [4.69, 9.17) is 9.47 Å². The van der Waals surface area contributed by atoms with Crippen LogP contribution in [0.25, 0.3) is 0 Å². The normalized spacial score (nSPS) is 24.4. The van der Waals surface area contributed by atoms with Crippen molar-refractivity contribution in [2.45, 2.75) is 18.2 Å². The lowest BCUT2D eigenvalue weighted by Crippen LogP contribution is -2.39. The molecule has 0 bridgehead atoms. The van der Waals surface area contributed by atoms with E-state index in [-0.39, 0.29) is 5.13 Å². The first-order chi connectivity index (χ1) is 8.45. The largest absolute Gasteiger partial charge is 0.445 e. The SMILES string of the molecule is COC1(CNc2nnc(C(F)(F)F)s2)CCOC1. The molecule has 0 spiro atoms. The molecule has 18 heavy (non-hydrogen) atoms. The molecular weight excluding hydrogens is 271 g/mol. The van der Waals surface area contributed by atoms with Crippen LogP contribution in [0.2, 0.25) is 0 Å². The Balaban J connectivity index is 1.96. The molecule has 2 rings (SSSR count). The fraction of sp³-hybridized carbons (Fsp3) is 0.778. The molecule has 1 N–H and O–H groups in total. The zero-order chi connectivity index (χ0) is 13.2. The maximum absolute atomic E-state index is 12.3. The molecule has 102 valence electrons. The van der Waals surface area contributed by atoms with E-state index in [9.17, 15) is 13.2 Å². The zero-order valence-corrected chi connectivity index (χ0v) is 10.4. The molecule has 1 aromatic rings. The number of ether oxygens (including phenoxy) is 2. The molecule has 0 amide bonds. The minimum absolute atomic E-state index is 0.130. The Morgan fingerprint density at radius 2 is 2.28 bits per heavy atom.